The summed E-state index contributed by atoms with van der Waals surface area (Å²) in [5, 5.41) is 0. The van der Waals surface area contributed by atoms with Gasteiger partial charge in [0.25, 0.3) is 0 Å². The van der Waals surface area contributed by atoms with Crippen LogP contribution in [-0.2, 0) is 0 Å². The first-order valence-corrected chi connectivity index (χ1v) is 7.21. The van der Waals surface area contributed by atoms with Gasteiger partial charge in [-0.3, -0.25) is 9.11 Å². The molecule has 1 aliphatic heterocycles. The van der Waals surface area contributed by atoms with Crippen LogP contribution in [0.25, 0.3) is 0 Å². The first-order chi connectivity index (χ1) is 7.48. The first-order valence-electron chi connectivity index (χ1n) is 5.33. The number of aryl methyl sites for hydroxylation is 1. The van der Waals surface area contributed by atoms with Crippen LogP contribution in [0.2, 0.25) is 0 Å². The van der Waals surface area contributed by atoms with Crippen LogP contribution in [0.5, 0.6) is 0 Å². The maximum Gasteiger partial charge on any atom is 0.0550 e. The minimum absolute atomic E-state index is 0.469. The number of benzene rings is 1. The normalized spacial score (nSPS) is 21.8. The maximum absolute atomic E-state index is 9.54. The van der Waals surface area contributed by atoms with Gasteiger partial charge in [0.1, 0.15) is 0 Å². The second-order valence-corrected chi connectivity index (χ2v) is 6.66. The quantitative estimate of drug-likeness (QED) is 0.660. The Balaban J connectivity index is 2.14. The van der Waals surface area contributed by atoms with Crippen molar-refractivity contribution >= 4 is 22.0 Å². The van der Waals surface area contributed by atoms with Crippen molar-refractivity contribution in [1.82, 2.24) is 0 Å². The number of nitrogens with two attached hydrogens (primary N) is 1. The van der Waals surface area contributed by atoms with Gasteiger partial charge in [-0.05, 0) is 30.7 Å². The molecule has 1 fully saturated rings. The van der Waals surface area contributed by atoms with E-state index >= 15 is 0 Å². The van der Waals surface area contributed by atoms with Crippen molar-refractivity contribution in [2.75, 3.05) is 35.2 Å². The molecule has 1 aromatic carbocycles. The highest BCUT2D eigenvalue weighted by molar-refractivity contribution is 8.24. The standard InChI is InChI=1S/C11H18N2O2S/c1-9-8-10(12)2-3-11(9)13-4-6-16(14,15)7-5-13/h2-3,8,14-15H,4-7,12H2,1H3. The summed E-state index contributed by atoms with van der Waals surface area (Å²) in [5.41, 5.74) is 8.75. The molecule has 0 radical (unpaired) electrons. The molecule has 4 nitrogen and oxygen atoms in total. The number of nitrogens with zero attached hydrogens (tertiary/aromatic N) is 1. The summed E-state index contributed by atoms with van der Waals surface area (Å²) in [5.74, 6) is 0.938. The molecule has 1 heterocycles. The van der Waals surface area contributed by atoms with Gasteiger partial charge in [0, 0.05) is 24.5 Å². The van der Waals surface area contributed by atoms with E-state index in [2.05, 4.69) is 4.90 Å². The number of rotatable bonds is 1. The third-order valence-electron chi connectivity index (χ3n) is 2.94. The number of hydrogen-bond acceptors (Lipinski definition) is 4. The van der Waals surface area contributed by atoms with E-state index in [0.29, 0.717) is 24.6 Å². The van der Waals surface area contributed by atoms with Crippen LogP contribution in [0.4, 0.5) is 11.4 Å². The van der Waals surface area contributed by atoms with Crippen molar-refractivity contribution < 1.29 is 9.11 Å². The van der Waals surface area contributed by atoms with Crippen LogP contribution >= 0.6 is 10.6 Å². The molecule has 4 N–H and O–H groups in total. The minimum atomic E-state index is -2.31. The van der Waals surface area contributed by atoms with Gasteiger partial charge < -0.3 is 10.6 Å². The molecule has 16 heavy (non-hydrogen) atoms. The van der Waals surface area contributed by atoms with Gasteiger partial charge in [0.05, 0.1) is 11.5 Å². The van der Waals surface area contributed by atoms with Crippen molar-refractivity contribution in [1.29, 1.82) is 0 Å². The molecule has 0 aromatic heterocycles. The van der Waals surface area contributed by atoms with Crippen LogP contribution < -0.4 is 10.6 Å². The zero-order valence-electron chi connectivity index (χ0n) is 9.39. The largest absolute Gasteiger partial charge is 0.399 e. The Morgan fingerprint density at radius 1 is 1.25 bits per heavy atom. The lowest BCUT2D eigenvalue weighted by Gasteiger charge is -2.42. The van der Waals surface area contributed by atoms with Gasteiger partial charge in [-0.2, -0.15) is 10.6 Å². The van der Waals surface area contributed by atoms with Crippen molar-refractivity contribution in [3.8, 4) is 0 Å². The Morgan fingerprint density at radius 3 is 2.44 bits per heavy atom. The average molecular weight is 242 g/mol. The van der Waals surface area contributed by atoms with E-state index in [9.17, 15) is 9.11 Å². The van der Waals surface area contributed by atoms with Crippen molar-refractivity contribution in [2.24, 2.45) is 0 Å². The minimum Gasteiger partial charge on any atom is -0.399 e. The van der Waals surface area contributed by atoms with Crippen LogP contribution in [0, 0.1) is 6.92 Å². The van der Waals surface area contributed by atoms with Gasteiger partial charge in [-0.15, -0.1) is 0 Å². The molecule has 1 saturated heterocycles. The van der Waals surface area contributed by atoms with E-state index < -0.39 is 10.6 Å². The molecule has 5 heteroatoms. The van der Waals surface area contributed by atoms with E-state index in [4.69, 9.17) is 5.73 Å². The molecule has 0 amide bonds. The van der Waals surface area contributed by atoms with E-state index in [-0.39, 0.29) is 0 Å². The molecule has 1 aliphatic rings. The Labute approximate surface area is 97.4 Å². The maximum atomic E-state index is 9.54. The number of nitrogen functional groups attached to an aromatic ring is 1. The highest BCUT2D eigenvalue weighted by atomic mass is 32.3. The van der Waals surface area contributed by atoms with Gasteiger partial charge in [0.15, 0.2) is 0 Å². The number of hydrogen-bond donors (Lipinski definition) is 3. The molecule has 1 aromatic rings. The highest BCUT2D eigenvalue weighted by Gasteiger charge is 2.22. The van der Waals surface area contributed by atoms with E-state index in [1.54, 1.807) is 0 Å². The van der Waals surface area contributed by atoms with Crippen LogP contribution in [-0.4, -0.2) is 33.7 Å². The fourth-order valence-corrected chi connectivity index (χ4v) is 3.23. The summed E-state index contributed by atoms with van der Waals surface area (Å²) in [6, 6.07) is 5.83. The highest BCUT2D eigenvalue weighted by Crippen LogP contribution is 2.41. The van der Waals surface area contributed by atoms with Gasteiger partial charge in [-0.25, -0.2) is 0 Å². The van der Waals surface area contributed by atoms with Crippen molar-refractivity contribution in [2.45, 2.75) is 6.92 Å². The Kier molecular flexibility index (Phi) is 3.01. The van der Waals surface area contributed by atoms with Crippen LogP contribution in [0.1, 0.15) is 5.56 Å². The summed E-state index contributed by atoms with van der Waals surface area (Å²) < 4.78 is 19.1. The summed E-state index contributed by atoms with van der Waals surface area (Å²) >= 11 is 0. The lowest BCUT2D eigenvalue weighted by molar-refractivity contribution is 0.479. The average Bonchev–Trinajstić information content (AvgIpc) is 2.19. The number of anilines is 2. The summed E-state index contributed by atoms with van der Waals surface area (Å²) in [7, 11) is -2.31. The van der Waals surface area contributed by atoms with Crippen LogP contribution in [0.3, 0.4) is 0 Å². The topological polar surface area (TPSA) is 69.7 Å². The molecule has 0 spiro atoms. The second-order valence-electron chi connectivity index (χ2n) is 4.24. The smallest absolute Gasteiger partial charge is 0.0550 e. The van der Waals surface area contributed by atoms with E-state index in [0.717, 1.165) is 16.9 Å². The third kappa shape index (κ3) is 2.42. The van der Waals surface area contributed by atoms with Gasteiger partial charge in [0.2, 0.25) is 0 Å². The summed E-state index contributed by atoms with van der Waals surface area (Å²) in [6.07, 6.45) is 0. The lowest BCUT2D eigenvalue weighted by atomic mass is 10.1. The lowest BCUT2D eigenvalue weighted by Crippen LogP contribution is -2.38. The van der Waals surface area contributed by atoms with Gasteiger partial charge >= 0.3 is 0 Å². The first kappa shape index (κ1) is 11.6. The Bertz CT molecular complexity index is 386. The van der Waals surface area contributed by atoms with E-state index in [1.807, 2.05) is 25.1 Å². The fraction of sp³-hybridized carbons (Fsp3) is 0.455. The molecule has 90 valence electrons. The molecule has 0 bridgehead atoms. The predicted molar refractivity (Wildman–Crippen MR) is 70.4 cm³/mol. The molecule has 2 rings (SSSR count). The molecule has 0 unspecified atom stereocenters. The molecule has 0 aliphatic carbocycles. The second kappa shape index (κ2) is 4.16. The third-order valence-corrected chi connectivity index (χ3v) is 4.61. The summed E-state index contributed by atoms with van der Waals surface area (Å²) in [6.45, 7) is 3.43. The van der Waals surface area contributed by atoms with Crippen LogP contribution in [0.15, 0.2) is 18.2 Å². The molecular formula is C11H18N2O2S. The Hall–Kier alpha value is -0.910. The molecular weight excluding hydrogens is 224 g/mol. The predicted octanol–water partition coefficient (Wildman–Crippen LogP) is 2.15. The SMILES string of the molecule is Cc1cc(N)ccc1N1CCS(O)(O)CC1. The molecule has 0 saturated carbocycles. The van der Waals surface area contributed by atoms with Crippen molar-refractivity contribution in [3.05, 3.63) is 23.8 Å². The van der Waals surface area contributed by atoms with Gasteiger partial charge in [-0.1, -0.05) is 0 Å². The fourth-order valence-electron chi connectivity index (χ4n) is 2.00. The van der Waals surface area contributed by atoms with E-state index in [1.165, 1.54) is 0 Å². The zero-order valence-corrected chi connectivity index (χ0v) is 10.2. The Morgan fingerprint density at radius 2 is 1.88 bits per heavy atom. The van der Waals surface area contributed by atoms with Crippen molar-refractivity contribution in [3.63, 3.8) is 0 Å². The summed E-state index contributed by atoms with van der Waals surface area (Å²) in [4.78, 5) is 2.19. The molecule has 0 atom stereocenters. The monoisotopic (exact) mass is 242 g/mol. The zero-order chi connectivity index (χ0) is 11.8.